The lowest BCUT2D eigenvalue weighted by molar-refractivity contribution is -0.126. The number of hydrogen-bond acceptors (Lipinski definition) is 4. The summed E-state index contributed by atoms with van der Waals surface area (Å²) in [5, 5.41) is 6.24. The predicted octanol–water partition coefficient (Wildman–Crippen LogP) is 1.46. The zero-order chi connectivity index (χ0) is 14.5. The largest absolute Gasteiger partial charge is 0.378 e. The normalized spacial score (nSPS) is 23.6. The molecule has 2 N–H and O–H groups in total. The van der Waals surface area contributed by atoms with Gasteiger partial charge in [-0.2, -0.15) is 0 Å². The Morgan fingerprint density at radius 3 is 2.78 bits per heavy atom. The molecule has 2 atom stereocenters. The van der Waals surface area contributed by atoms with Crippen LogP contribution in [0.5, 0.6) is 0 Å². The standard InChI is InChI=1S/C16H23N3O2.2ClH/c20-16(15-12-21-9-7-17-15)18-10-13-6-8-19(11-13)14-4-2-1-3-5-14;;/h1-5,13,15,17H,6-12H2,(H,18,20);2*1H. The van der Waals surface area contributed by atoms with Crippen molar-refractivity contribution in [3.8, 4) is 0 Å². The van der Waals surface area contributed by atoms with E-state index in [1.165, 1.54) is 5.69 Å². The van der Waals surface area contributed by atoms with E-state index in [2.05, 4.69) is 39.8 Å². The minimum atomic E-state index is -0.189. The van der Waals surface area contributed by atoms with Gasteiger partial charge in [0.25, 0.3) is 0 Å². The lowest BCUT2D eigenvalue weighted by atomic mass is 10.1. The molecule has 7 heteroatoms. The second kappa shape index (κ2) is 9.98. The Morgan fingerprint density at radius 2 is 2.09 bits per heavy atom. The van der Waals surface area contributed by atoms with Gasteiger partial charge in [-0.15, -0.1) is 24.8 Å². The highest BCUT2D eigenvalue weighted by atomic mass is 35.5. The average molecular weight is 362 g/mol. The van der Waals surface area contributed by atoms with Gasteiger partial charge in [-0.25, -0.2) is 0 Å². The highest BCUT2D eigenvalue weighted by Gasteiger charge is 2.25. The number of ether oxygens (including phenoxy) is 1. The summed E-state index contributed by atoms with van der Waals surface area (Å²) in [4.78, 5) is 14.4. The summed E-state index contributed by atoms with van der Waals surface area (Å²) in [5.74, 6) is 0.589. The number of rotatable bonds is 4. The first-order valence-corrected chi connectivity index (χ1v) is 7.72. The van der Waals surface area contributed by atoms with Gasteiger partial charge in [0.1, 0.15) is 6.04 Å². The van der Waals surface area contributed by atoms with Crippen molar-refractivity contribution in [3.05, 3.63) is 30.3 Å². The van der Waals surface area contributed by atoms with Crippen LogP contribution in [-0.4, -0.2) is 51.3 Å². The van der Waals surface area contributed by atoms with E-state index in [1.807, 2.05) is 6.07 Å². The molecule has 2 aliphatic rings. The monoisotopic (exact) mass is 361 g/mol. The van der Waals surface area contributed by atoms with Crippen molar-refractivity contribution in [2.45, 2.75) is 12.5 Å². The van der Waals surface area contributed by atoms with Gasteiger partial charge in [-0.1, -0.05) is 18.2 Å². The first kappa shape index (κ1) is 20.0. The Hall–Kier alpha value is -1.01. The summed E-state index contributed by atoms with van der Waals surface area (Å²) in [6.45, 7) is 4.75. The quantitative estimate of drug-likeness (QED) is 0.852. The fourth-order valence-electron chi connectivity index (χ4n) is 2.97. The summed E-state index contributed by atoms with van der Waals surface area (Å²) in [7, 11) is 0. The Morgan fingerprint density at radius 1 is 1.30 bits per heavy atom. The van der Waals surface area contributed by atoms with Crippen molar-refractivity contribution in [2.75, 3.05) is 44.3 Å². The lowest BCUT2D eigenvalue weighted by Crippen LogP contribution is -2.52. The van der Waals surface area contributed by atoms with E-state index in [4.69, 9.17) is 4.74 Å². The van der Waals surface area contributed by atoms with Gasteiger partial charge in [0.2, 0.25) is 5.91 Å². The number of morpholine rings is 1. The van der Waals surface area contributed by atoms with Crippen LogP contribution in [0.4, 0.5) is 5.69 Å². The highest BCUT2D eigenvalue weighted by Crippen LogP contribution is 2.22. The van der Waals surface area contributed by atoms with Crippen LogP contribution < -0.4 is 15.5 Å². The molecule has 1 aromatic carbocycles. The van der Waals surface area contributed by atoms with Crippen LogP contribution in [0.3, 0.4) is 0 Å². The summed E-state index contributed by atoms with van der Waals surface area (Å²) in [6, 6.07) is 10.3. The number of anilines is 1. The third-order valence-electron chi connectivity index (χ3n) is 4.21. The second-order valence-electron chi connectivity index (χ2n) is 5.76. The van der Waals surface area contributed by atoms with Crippen molar-refractivity contribution < 1.29 is 9.53 Å². The van der Waals surface area contributed by atoms with Gasteiger partial charge in [0.15, 0.2) is 0 Å². The molecule has 2 unspecified atom stereocenters. The Labute approximate surface area is 150 Å². The van der Waals surface area contributed by atoms with Crippen molar-refractivity contribution in [3.63, 3.8) is 0 Å². The van der Waals surface area contributed by atoms with Crippen LogP contribution in [0.25, 0.3) is 0 Å². The number of nitrogens with zero attached hydrogens (tertiary/aromatic N) is 1. The van der Waals surface area contributed by atoms with Gasteiger partial charge < -0.3 is 20.3 Å². The van der Waals surface area contributed by atoms with Gasteiger partial charge >= 0.3 is 0 Å². The molecule has 2 heterocycles. The van der Waals surface area contributed by atoms with Gasteiger partial charge in [0.05, 0.1) is 13.2 Å². The van der Waals surface area contributed by atoms with E-state index >= 15 is 0 Å². The topological polar surface area (TPSA) is 53.6 Å². The molecular formula is C16H25Cl2N3O2. The molecule has 2 saturated heterocycles. The highest BCUT2D eigenvalue weighted by molar-refractivity contribution is 5.85. The molecule has 2 aliphatic heterocycles. The number of benzene rings is 1. The predicted molar refractivity (Wildman–Crippen MR) is 96.9 cm³/mol. The van der Waals surface area contributed by atoms with Crippen LogP contribution in [0, 0.1) is 5.92 Å². The van der Waals surface area contributed by atoms with Gasteiger partial charge in [-0.3, -0.25) is 4.79 Å². The molecule has 3 rings (SSSR count). The van der Waals surface area contributed by atoms with Crippen molar-refractivity contribution in [2.24, 2.45) is 5.92 Å². The van der Waals surface area contributed by atoms with Crippen LogP contribution in [0.2, 0.25) is 0 Å². The van der Waals surface area contributed by atoms with Gasteiger partial charge in [0, 0.05) is 31.9 Å². The SMILES string of the molecule is Cl.Cl.O=C(NCC1CCN(c2ccccc2)C1)C1COCCN1. The van der Waals surface area contributed by atoms with Crippen LogP contribution in [-0.2, 0) is 9.53 Å². The number of hydrogen-bond donors (Lipinski definition) is 2. The van der Waals surface area contributed by atoms with Crippen molar-refractivity contribution in [1.82, 2.24) is 10.6 Å². The Bertz CT molecular complexity index is 470. The summed E-state index contributed by atoms with van der Waals surface area (Å²) in [6.07, 6.45) is 1.13. The average Bonchev–Trinajstić information content (AvgIpc) is 3.03. The Kier molecular flexibility index (Phi) is 8.69. The number of halogens is 2. The molecule has 23 heavy (non-hydrogen) atoms. The molecule has 1 aromatic rings. The maximum Gasteiger partial charge on any atom is 0.239 e. The van der Waals surface area contributed by atoms with E-state index in [-0.39, 0.29) is 36.8 Å². The van der Waals surface area contributed by atoms with Crippen LogP contribution in [0.15, 0.2) is 30.3 Å². The number of para-hydroxylation sites is 1. The van der Waals surface area contributed by atoms with Crippen LogP contribution in [0.1, 0.15) is 6.42 Å². The maximum atomic E-state index is 12.0. The van der Waals surface area contributed by atoms with Crippen LogP contribution >= 0.6 is 24.8 Å². The minimum Gasteiger partial charge on any atom is -0.378 e. The molecule has 0 aromatic heterocycles. The summed E-state index contributed by atoms with van der Waals surface area (Å²) >= 11 is 0. The first-order valence-electron chi connectivity index (χ1n) is 7.72. The summed E-state index contributed by atoms with van der Waals surface area (Å²) < 4.78 is 5.32. The fourth-order valence-corrected chi connectivity index (χ4v) is 2.97. The smallest absolute Gasteiger partial charge is 0.239 e. The van der Waals surface area contributed by atoms with E-state index in [9.17, 15) is 4.79 Å². The first-order chi connectivity index (χ1) is 10.3. The molecule has 0 aliphatic carbocycles. The van der Waals surface area contributed by atoms with E-state index < -0.39 is 0 Å². The third-order valence-corrected chi connectivity index (χ3v) is 4.21. The zero-order valence-corrected chi connectivity index (χ0v) is 14.7. The van der Waals surface area contributed by atoms with E-state index in [0.717, 1.165) is 32.6 Å². The Balaban J connectivity index is 0.00000132. The fraction of sp³-hybridized carbons (Fsp3) is 0.562. The van der Waals surface area contributed by atoms with Crippen molar-refractivity contribution in [1.29, 1.82) is 0 Å². The molecule has 0 saturated carbocycles. The molecule has 1 amide bonds. The molecule has 0 radical (unpaired) electrons. The summed E-state index contributed by atoms with van der Waals surface area (Å²) in [5.41, 5.74) is 1.27. The zero-order valence-electron chi connectivity index (χ0n) is 13.1. The minimum absolute atomic E-state index is 0. The molecule has 5 nitrogen and oxygen atoms in total. The van der Waals surface area contributed by atoms with E-state index in [1.54, 1.807) is 0 Å². The van der Waals surface area contributed by atoms with Crippen molar-refractivity contribution >= 4 is 36.4 Å². The molecule has 2 fully saturated rings. The van der Waals surface area contributed by atoms with Gasteiger partial charge in [-0.05, 0) is 24.5 Å². The second-order valence-corrected chi connectivity index (χ2v) is 5.76. The molecular weight excluding hydrogens is 337 g/mol. The molecule has 130 valence electrons. The number of nitrogens with one attached hydrogen (secondary N) is 2. The maximum absolute atomic E-state index is 12.0. The molecule has 0 spiro atoms. The number of carbonyl (C=O) groups is 1. The number of carbonyl (C=O) groups excluding carboxylic acids is 1. The lowest BCUT2D eigenvalue weighted by Gasteiger charge is -2.24. The third kappa shape index (κ3) is 5.53. The molecule has 0 bridgehead atoms. The number of amides is 1. The van der Waals surface area contributed by atoms with E-state index in [0.29, 0.717) is 19.1 Å².